The summed E-state index contributed by atoms with van der Waals surface area (Å²) in [5.41, 5.74) is 1.87. The summed E-state index contributed by atoms with van der Waals surface area (Å²) >= 11 is 0. The maximum atomic E-state index is 14.1. The molecule has 0 aliphatic carbocycles. The van der Waals surface area contributed by atoms with Gasteiger partial charge in [0.15, 0.2) is 0 Å². The second kappa shape index (κ2) is 8.30. The molecule has 2 nitrogen and oxygen atoms in total. The molecule has 0 spiro atoms. The van der Waals surface area contributed by atoms with Gasteiger partial charge in [-0.1, -0.05) is 25.1 Å². The molecule has 0 unspecified atom stereocenters. The number of hydrogen-bond acceptors (Lipinski definition) is 2. The summed E-state index contributed by atoms with van der Waals surface area (Å²) < 4.78 is 14.1. The van der Waals surface area contributed by atoms with Gasteiger partial charge in [0.1, 0.15) is 5.82 Å². The number of rotatable bonds is 8. The van der Waals surface area contributed by atoms with Gasteiger partial charge in [0.05, 0.1) is 0 Å². The molecule has 0 bridgehead atoms. The van der Waals surface area contributed by atoms with Gasteiger partial charge in [0.25, 0.3) is 0 Å². The van der Waals surface area contributed by atoms with Crippen LogP contribution in [0.3, 0.4) is 0 Å². The van der Waals surface area contributed by atoms with E-state index in [2.05, 4.69) is 44.5 Å². The van der Waals surface area contributed by atoms with Crippen LogP contribution in [-0.4, -0.2) is 23.5 Å². The molecular weight excluding hydrogens is 263 g/mol. The Bertz CT molecular complexity index is 449. The van der Waals surface area contributed by atoms with Crippen molar-refractivity contribution in [2.75, 3.05) is 13.1 Å². The monoisotopic (exact) mass is 292 g/mol. The van der Waals surface area contributed by atoms with Crippen LogP contribution in [0.2, 0.25) is 0 Å². The molecule has 1 N–H and O–H groups in total. The van der Waals surface area contributed by atoms with Gasteiger partial charge in [-0.2, -0.15) is 0 Å². The average molecular weight is 292 g/mol. The highest BCUT2D eigenvalue weighted by Gasteiger charge is 2.21. The molecule has 1 rings (SSSR count). The average Bonchev–Trinajstić information content (AvgIpc) is 2.41. The van der Waals surface area contributed by atoms with Gasteiger partial charge in [-0.05, 0) is 45.4 Å². The number of halogens is 1. The Balaban J connectivity index is 2.84. The first-order valence-electron chi connectivity index (χ1n) is 7.72. The van der Waals surface area contributed by atoms with E-state index >= 15 is 0 Å². The third-order valence-corrected chi connectivity index (χ3v) is 3.53. The van der Waals surface area contributed by atoms with E-state index in [1.807, 2.05) is 18.2 Å². The molecule has 21 heavy (non-hydrogen) atoms. The zero-order chi connectivity index (χ0) is 15.9. The minimum atomic E-state index is -0.132. The van der Waals surface area contributed by atoms with E-state index < -0.39 is 0 Å². The SMILES string of the molecule is C=CCN(Cc1cc(CNCCC)ccc1F)C(C)(C)C. The van der Waals surface area contributed by atoms with Crippen LogP contribution in [-0.2, 0) is 13.1 Å². The van der Waals surface area contributed by atoms with E-state index in [0.717, 1.165) is 37.2 Å². The first-order valence-corrected chi connectivity index (χ1v) is 7.72. The van der Waals surface area contributed by atoms with Crippen LogP contribution in [0.25, 0.3) is 0 Å². The second-order valence-corrected chi connectivity index (χ2v) is 6.44. The molecule has 0 aliphatic heterocycles. The molecular formula is C18H29FN2. The molecule has 1 aromatic carbocycles. The highest BCUT2D eigenvalue weighted by Crippen LogP contribution is 2.20. The normalized spacial score (nSPS) is 11.9. The fourth-order valence-corrected chi connectivity index (χ4v) is 2.21. The van der Waals surface area contributed by atoms with E-state index in [1.165, 1.54) is 0 Å². The van der Waals surface area contributed by atoms with Crippen molar-refractivity contribution >= 4 is 0 Å². The van der Waals surface area contributed by atoms with Crippen molar-refractivity contribution in [3.05, 3.63) is 47.8 Å². The minimum Gasteiger partial charge on any atom is -0.313 e. The first kappa shape index (κ1) is 17.9. The lowest BCUT2D eigenvalue weighted by atomic mass is 10.0. The summed E-state index contributed by atoms with van der Waals surface area (Å²) in [6.07, 6.45) is 2.97. The lowest BCUT2D eigenvalue weighted by Gasteiger charge is -2.35. The Morgan fingerprint density at radius 2 is 2.05 bits per heavy atom. The summed E-state index contributed by atoms with van der Waals surface area (Å²) in [6, 6.07) is 5.41. The molecule has 0 heterocycles. The van der Waals surface area contributed by atoms with E-state index in [1.54, 1.807) is 6.07 Å². The van der Waals surface area contributed by atoms with Gasteiger partial charge in [-0.15, -0.1) is 6.58 Å². The van der Waals surface area contributed by atoms with Gasteiger partial charge < -0.3 is 5.32 Å². The van der Waals surface area contributed by atoms with Gasteiger partial charge in [-0.3, -0.25) is 4.90 Å². The summed E-state index contributed by atoms with van der Waals surface area (Å²) in [5, 5.41) is 3.35. The van der Waals surface area contributed by atoms with Crippen LogP contribution >= 0.6 is 0 Å². The highest BCUT2D eigenvalue weighted by molar-refractivity contribution is 5.25. The third-order valence-electron chi connectivity index (χ3n) is 3.53. The van der Waals surface area contributed by atoms with Crippen molar-refractivity contribution in [1.82, 2.24) is 10.2 Å². The van der Waals surface area contributed by atoms with Gasteiger partial charge >= 0.3 is 0 Å². The molecule has 0 aromatic heterocycles. The summed E-state index contributed by atoms with van der Waals surface area (Å²) in [7, 11) is 0. The Kier molecular flexibility index (Phi) is 7.06. The van der Waals surface area contributed by atoms with Crippen molar-refractivity contribution in [1.29, 1.82) is 0 Å². The predicted octanol–water partition coefficient (Wildman–Crippen LogP) is 4.11. The first-order chi connectivity index (χ1) is 9.88. The molecule has 0 saturated carbocycles. The molecule has 118 valence electrons. The molecule has 0 saturated heterocycles. The Morgan fingerprint density at radius 3 is 2.62 bits per heavy atom. The molecule has 0 fully saturated rings. The van der Waals surface area contributed by atoms with Gasteiger partial charge in [0, 0.05) is 30.7 Å². The highest BCUT2D eigenvalue weighted by atomic mass is 19.1. The third kappa shape index (κ3) is 5.98. The summed E-state index contributed by atoms with van der Waals surface area (Å²) in [6.45, 7) is 15.5. The van der Waals surface area contributed by atoms with Gasteiger partial charge in [0.2, 0.25) is 0 Å². The summed E-state index contributed by atoms with van der Waals surface area (Å²) in [4.78, 5) is 2.22. The number of benzene rings is 1. The second-order valence-electron chi connectivity index (χ2n) is 6.44. The van der Waals surface area contributed by atoms with Crippen LogP contribution in [0.4, 0.5) is 4.39 Å². The smallest absolute Gasteiger partial charge is 0.127 e. The van der Waals surface area contributed by atoms with Crippen LogP contribution in [0.5, 0.6) is 0 Å². The van der Waals surface area contributed by atoms with Crippen LogP contribution in [0, 0.1) is 5.82 Å². The standard InChI is InChI=1S/C18H29FN2/c1-6-10-20-13-15-8-9-17(19)16(12-15)14-21(11-7-2)18(3,4)5/h7-9,12,20H,2,6,10-11,13-14H2,1,3-5H3. The Hall–Kier alpha value is -1.19. The molecule has 0 amide bonds. The number of nitrogens with zero attached hydrogens (tertiary/aromatic N) is 1. The maximum absolute atomic E-state index is 14.1. The largest absolute Gasteiger partial charge is 0.313 e. The van der Waals surface area contributed by atoms with E-state index in [-0.39, 0.29) is 11.4 Å². The van der Waals surface area contributed by atoms with E-state index in [0.29, 0.717) is 6.54 Å². The fourth-order valence-electron chi connectivity index (χ4n) is 2.21. The topological polar surface area (TPSA) is 15.3 Å². The fraction of sp³-hybridized carbons (Fsp3) is 0.556. The van der Waals surface area contributed by atoms with Crippen LogP contribution in [0.1, 0.15) is 45.2 Å². The van der Waals surface area contributed by atoms with Crippen molar-refractivity contribution in [3.8, 4) is 0 Å². The van der Waals surface area contributed by atoms with Crippen molar-refractivity contribution < 1.29 is 4.39 Å². The lowest BCUT2D eigenvalue weighted by molar-refractivity contribution is 0.143. The van der Waals surface area contributed by atoms with Crippen LogP contribution < -0.4 is 5.32 Å². The lowest BCUT2D eigenvalue weighted by Crippen LogP contribution is -2.41. The zero-order valence-corrected chi connectivity index (χ0v) is 13.9. The summed E-state index contributed by atoms with van der Waals surface area (Å²) in [5.74, 6) is -0.132. The van der Waals surface area contributed by atoms with Gasteiger partial charge in [-0.25, -0.2) is 4.39 Å². The molecule has 3 heteroatoms. The predicted molar refractivity (Wildman–Crippen MR) is 88.8 cm³/mol. The van der Waals surface area contributed by atoms with Crippen molar-refractivity contribution in [2.45, 2.75) is 52.7 Å². The Labute approximate surface area is 129 Å². The molecule has 0 atom stereocenters. The van der Waals surface area contributed by atoms with Crippen molar-refractivity contribution in [3.63, 3.8) is 0 Å². The van der Waals surface area contributed by atoms with E-state index in [4.69, 9.17) is 0 Å². The Morgan fingerprint density at radius 1 is 1.33 bits per heavy atom. The van der Waals surface area contributed by atoms with E-state index in [9.17, 15) is 4.39 Å². The number of hydrogen-bond donors (Lipinski definition) is 1. The zero-order valence-electron chi connectivity index (χ0n) is 13.9. The maximum Gasteiger partial charge on any atom is 0.127 e. The molecule has 1 aromatic rings. The molecule has 0 aliphatic rings. The quantitative estimate of drug-likeness (QED) is 0.573. The number of nitrogens with one attached hydrogen (secondary N) is 1. The van der Waals surface area contributed by atoms with Crippen molar-refractivity contribution in [2.24, 2.45) is 0 Å². The van der Waals surface area contributed by atoms with Crippen LogP contribution in [0.15, 0.2) is 30.9 Å². The minimum absolute atomic E-state index is 0.0168. The molecule has 0 radical (unpaired) electrons.